The predicted octanol–water partition coefficient (Wildman–Crippen LogP) is 2.86. The molecule has 1 N–H and O–H groups in total. The smallest absolute Gasteiger partial charge is 0.138 e. The second kappa shape index (κ2) is 7.80. The number of rotatable bonds is 8. The molecule has 0 saturated carbocycles. The Hall–Kier alpha value is -0.680. The van der Waals surface area contributed by atoms with E-state index in [1.807, 2.05) is 18.5 Å². The summed E-state index contributed by atoms with van der Waals surface area (Å²) in [6.07, 6.45) is 1.99. The van der Waals surface area contributed by atoms with Gasteiger partial charge in [0.15, 0.2) is 0 Å². The lowest BCUT2D eigenvalue weighted by molar-refractivity contribution is -0.118. The van der Waals surface area contributed by atoms with Gasteiger partial charge in [-0.25, -0.2) is 0 Å². The molecule has 0 aliphatic rings. The molecule has 0 unspecified atom stereocenters. The van der Waals surface area contributed by atoms with E-state index in [2.05, 4.69) is 40.2 Å². The lowest BCUT2D eigenvalue weighted by Crippen LogP contribution is -2.24. The Kier molecular flexibility index (Phi) is 6.72. The van der Waals surface area contributed by atoms with Crippen LogP contribution in [0, 0.1) is 6.92 Å². The highest BCUT2D eigenvalue weighted by molar-refractivity contribution is 9.10. The van der Waals surface area contributed by atoms with E-state index in [0.29, 0.717) is 18.9 Å². The first-order chi connectivity index (χ1) is 8.95. The highest BCUT2D eigenvalue weighted by Crippen LogP contribution is 2.22. The fourth-order valence-corrected chi connectivity index (χ4v) is 2.41. The van der Waals surface area contributed by atoms with E-state index in [0.717, 1.165) is 35.4 Å². The number of hydrogen-bond donors (Lipinski definition) is 1. The molecule has 0 bridgehead atoms. The van der Waals surface area contributed by atoms with Crippen LogP contribution in [-0.4, -0.2) is 28.2 Å². The van der Waals surface area contributed by atoms with Crippen molar-refractivity contribution in [2.75, 3.05) is 6.54 Å². The van der Waals surface area contributed by atoms with Crippen LogP contribution >= 0.6 is 15.9 Å². The molecule has 0 radical (unpaired) electrons. The number of halogens is 1. The van der Waals surface area contributed by atoms with Gasteiger partial charge in [0.25, 0.3) is 0 Å². The van der Waals surface area contributed by atoms with Gasteiger partial charge in [0.1, 0.15) is 5.78 Å². The van der Waals surface area contributed by atoms with Crippen LogP contribution in [0.2, 0.25) is 0 Å². The Morgan fingerprint density at radius 1 is 1.47 bits per heavy atom. The van der Waals surface area contributed by atoms with Gasteiger partial charge in [0, 0.05) is 25.4 Å². The lowest BCUT2D eigenvalue weighted by atomic mass is 10.1. The van der Waals surface area contributed by atoms with E-state index in [-0.39, 0.29) is 5.78 Å². The normalized spacial score (nSPS) is 11.3. The Labute approximate surface area is 124 Å². The van der Waals surface area contributed by atoms with Crippen LogP contribution in [0.3, 0.4) is 0 Å². The van der Waals surface area contributed by atoms with Gasteiger partial charge in [-0.3, -0.25) is 9.48 Å². The van der Waals surface area contributed by atoms with E-state index in [1.165, 1.54) is 0 Å². The second-order valence-corrected chi connectivity index (χ2v) is 5.88. The number of carbonyl (C=O) groups is 1. The van der Waals surface area contributed by atoms with Gasteiger partial charge in [-0.1, -0.05) is 13.8 Å². The van der Waals surface area contributed by atoms with Crippen molar-refractivity contribution in [1.29, 1.82) is 0 Å². The Morgan fingerprint density at radius 3 is 2.74 bits per heavy atom. The van der Waals surface area contributed by atoms with Crippen molar-refractivity contribution in [3.05, 3.63) is 15.9 Å². The van der Waals surface area contributed by atoms with Crippen LogP contribution in [0.25, 0.3) is 0 Å². The van der Waals surface area contributed by atoms with Crippen molar-refractivity contribution in [3.8, 4) is 0 Å². The number of ketones is 1. The van der Waals surface area contributed by atoms with Crippen LogP contribution < -0.4 is 5.32 Å². The second-order valence-electron chi connectivity index (χ2n) is 5.09. The van der Waals surface area contributed by atoms with E-state index < -0.39 is 0 Å². The average molecular weight is 330 g/mol. The molecule has 19 heavy (non-hydrogen) atoms. The Balaban J connectivity index is 2.48. The maximum absolute atomic E-state index is 12.0. The SMILES string of the molecule is CCn1nc(C)c(Br)c1CC(=O)CCCNC(C)C. The van der Waals surface area contributed by atoms with Gasteiger partial charge in [-0.2, -0.15) is 5.10 Å². The molecule has 0 fully saturated rings. The molecular formula is C14H24BrN3O. The van der Waals surface area contributed by atoms with Crippen LogP contribution in [0.15, 0.2) is 4.47 Å². The quantitative estimate of drug-likeness (QED) is 0.746. The zero-order chi connectivity index (χ0) is 14.4. The summed E-state index contributed by atoms with van der Waals surface area (Å²) >= 11 is 3.52. The van der Waals surface area contributed by atoms with E-state index >= 15 is 0 Å². The molecule has 1 heterocycles. The molecule has 0 aliphatic heterocycles. The Bertz CT molecular complexity index is 427. The fraction of sp³-hybridized carbons (Fsp3) is 0.714. The summed E-state index contributed by atoms with van der Waals surface area (Å²) < 4.78 is 2.88. The standard InChI is InChI=1S/C14H24BrN3O/c1-5-18-13(14(15)11(4)17-18)9-12(19)7-6-8-16-10(2)3/h10,16H,5-9H2,1-4H3. The third kappa shape index (κ3) is 5.07. The van der Waals surface area contributed by atoms with E-state index in [9.17, 15) is 4.79 Å². The van der Waals surface area contributed by atoms with Crippen LogP contribution in [0.1, 0.15) is 45.0 Å². The summed E-state index contributed by atoms with van der Waals surface area (Å²) in [4.78, 5) is 12.0. The third-order valence-corrected chi connectivity index (χ3v) is 4.03. The van der Waals surface area contributed by atoms with Crippen LogP contribution in [-0.2, 0) is 17.8 Å². The Morgan fingerprint density at radius 2 is 2.16 bits per heavy atom. The highest BCUT2D eigenvalue weighted by atomic mass is 79.9. The monoisotopic (exact) mass is 329 g/mol. The minimum Gasteiger partial charge on any atom is -0.315 e. The van der Waals surface area contributed by atoms with Crippen molar-refractivity contribution in [2.45, 2.75) is 59.5 Å². The molecule has 0 aromatic carbocycles. The maximum atomic E-state index is 12.0. The summed E-state index contributed by atoms with van der Waals surface area (Å²) in [6.45, 7) is 9.92. The summed E-state index contributed by atoms with van der Waals surface area (Å²) in [5, 5.41) is 7.73. The summed E-state index contributed by atoms with van der Waals surface area (Å²) in [6, 6.07) is 0.480. The van der Waals surface area contributed by atoms with Crippen molar-refractivity contribution in [2.24, 2.45) is 0 Å². The molecule has 0 amide bonds. The molecule has 0 spiro atoms. The molecule has 1 rings (SSSR count). The first-order valence-electron chi connectivity index (χ1n) is 6.92. The molecule has 0 saturated heterocycles. The number of Topliss-reactive ketones (excluding diaryl/α,β-unsaturated/α-hetero) is 1. The number of aromatic nitrogens is 2. The van der Waals surface area contributed by atoms with Gasteiger partial charge < -0.3 is 5.32 Å². The van der Waals surface area contributed by atoms with Gasteiger partial charge in [-0.15, -0.1) is 0 Å². The number of carbonyl (C=O) groups excluding carboxylic acids is 1. The molecule has 1 aromatic rings. The average Bonchev–Trinajstić information content (AvgIpc) is 2.62. The molecule has 1 aromatic heterocycles. The van der Waals surface area contributed by atoms with Gasteiger partial charge in [0.2, 0.25) is 0 Å². The lowest BCUT2D eigenvalue weighted by Gasteiger charge is -2.08. The topological polar surface area (TPSA) is 46.9 Å². The third-order valence-electron chi connectivity index (χ3n) is 3.00. The number of aryl methyl sites for hydroxylation is 2. The summed E-state index contributed by atoms with van der Waals surface area (Å²) in [5.74, 6) is 0.279. The summed E-state index contributed by atoms with van der Waals surface area (Å²) in [5.41, 5.74) is 1.95. The highest BCUT2D eigenvalue weighted by Gasteiger charge is 2.15. The largest absolute Gasteiger partial charge is 0.315 e. The molecule has 108 valence electrons. The number of nitrogens with zero attached hydrogens (tertiary/aromatic N) is 2. The maximum Gasteiger partial charge on any atom is 0.138 e. The molecule has 0 atom stereocenters. The summed E-state index contributed by atoms with van der Waals surface area (Å²) in [7, 11) is 0. The van der Waals surface area contributed by atoms with E-state index in [4.69, 9.17) is 0 Å². The molecule has 4 nitrogen and oxygen atoms in total. The van der Waals surface area contributed by atoms with Gasteiger partial charge in [0.05, 0.1) is 15.9 Å². The zero-order valence-electron chi connectivity index (χ0n) is 12.3. The number of hydrogen-bond acceptors (Lipinski definition) is 3. The van der Waals surface area contributed by atoms with Crippen molar-refractivity contribution < 1.29 is 4.79 Å². The van der Waals surface area contributed by atoms with Gasteiger partial charge >= 0.3 is 0 Å². The fourth-order valence-electron chi connectivity index (χ4n) is 1.99. The number of nitrogens with one attached hydrogen (secondary N) is 1. The molecule has 5 heteroatoms. The first kappa shape index (κ1) is 16.4. The first-order valence-corrected chi connectivity index (χ1v) is 7.71. The predicted molar refractivity (Wildman–Crippen MR) is 81.4 cm³/mol. The molecule has 0 aliphatic carbocycles. The van der Waals surface area contributed by atoms with Crippen LogP contribution in [0.4, 0.5) is 0 Å². The van der Waals surface area contributed by atoms with Crippen molar-refractivity contribution >= 4 is 21.7 Å². The molecular weight excluding hydrogens is 306 g/mol. The van der Waals surface area contributed by atoms with Crippen LogP contribution in [0.5, 0.6) is 0 Å². The zero-order valence-corrected chi connectivity index (χ0v) is 13.9. The van der Waals surface area contributed by atoms with Crippen molar-refractivity contribution in [3.63, 3.8) is 0 Å². The minimum atomic E-state index is 0.279. The van der Waals surface area contributed by atoms with E-state index in [1.54, 1.807) is 0 Å². The van der Waals surface area contributed by atoms with Gasteiger partial charge in [-0.05, 0) is 42.7 Å². The van der Waals surface area contributed by atoms with Crippen molar-refractivity contribution in [1.82, 2.24) is 15.1 Å². The minimum absolute atomic E-state index is 0.279.